The predicted molar refractivity (Wildman–Crippen MR) is 127 cm³/mol. The number of benzene rings is 2. The zero-order valence-corrected chi connectivity index (χ0v) is 18.9. The van der Waals surface area contributed by atoms with Gasteiger partial charge in [-0.1, -0.05) is 55.7 Å². The SMILES string of the molecule is CN(C)c1ccc(C(CNC(=O)NC2CCCCC2)N2CCc3ccccc3C2)cc1. The highest BCUT2D eigenvalue weighted by atomic mass is 16.2. The molecule has 1 heterocycles. The van der Waals surface area contributed by atoms with Crippen LogP contribution in [-0.4, -0.2) is 44.2 Å². The lowest BCUT2D eigenvalue weighted by Gasteiger charge is -2.36. The molecule has 166 valence electrons. The number of anilines is 1. The summed E-state index contributed by atoms with van der Waals surface area (Å²) in [5.74, 6) is 0. The van der Waals surface area contributed by atoms with Gasteiger partial charge in [-0.05, 0) is 48.1 Å². The first-order valence-electron chi connectivity index (χ1n) is 11.7. The number of urea groups is 1. The Morgan fingerprint density at radius 1 is 1.03 bits per heavy atom. The Bertz CT molecular complexity index is 858. The number of hydrogen-bond donors (Lipinski definition) is 2. The molecule has 1 aliphatic heterocycles. The van der Waals surface area contributed by atoms with E-state index >= 15 is 0 Å². The first-order valence-corrected chi connectivity index (χ1v) is 11.7. The Hall–Kier alpha value is -2.53. The molecule has 2 N–H and O–H groups in total. The van der Waals surface area contributed by atoms with E-state index in [0.29, 0.717) is 12.6 Å². The third kappa shape index (κ3) is 5.59. The van der Waals surface area contributed by atoms with Gasteiger partial charge in [0.05, 0.1) is 6.04 Å². The molecule has 2 aliphatic rings. The van der Waals surface area contributed by atoms with Gasteiger partial charge < -0.3 is 15.5 Å². The summed E-state index contributed by atoms with van der Waals surface area (Å²) in [6, 6.07) is 17.9. The number of nitrogens with one attached hydrogen (secondary N) is 2. The number of hydrogen-bond acceptors (Lipinski definition) is 3. The Morgan fingerprint density at radius 3 is 2.45 bits per heavy atom. The van der Waals surface area contributed by atoms with E-state index in [-0.39, 0.29) is 12.1 Å². The fourth-order valence-corrected chi connectivity index (χ4v) is 4.91. The molecule has 0 bridgehead atoms. The van der Waals surface area contributed by atoms with E-state index < -0.39 is 0 Å². The van der Waals surface area contributed by atoms with Crippen LogP contribution in [0.5, 0.6) is 0 Å². The summed E-state index contributed by atoms with van der Waals surface area (Å²) < 4.78 is 0. The van der Waals surface area contributed by atoms with E-state index in [0.717, 1.165) is 32.4 Å². The molecule has 1 saturated carbocycles. The van der Waals surface area contributed by atoms with Crippen LogP contribution >= 0.6 is 0 Å². The maximum absolute atomic E-state index is 12.6. The minimum atomic E-state index is -0.0285. The van der Waals surface area contributed by atoms with Crippen LogP contribution < -0.4 is 15.5 Å². The normalized spacial score (nSPS) is 18.1. The zero-order chi connectivity index (χ0) is 21.6. The molecule has 1 unspecified atom stereocenters. The van der Waals surface area contributed by atoms with Crippen molar-refractivity contribution in [2.24, 2.45) is 0 Å². The molecule has 5 heteroatoms. The number of carbonyl (C=O) groups excluding carboxylic acids is 1. The van der Waals surface area contributed by atoms with Crippen LogP contribution in [-0.2, 0) is 13.0 Å². The Balaban J connectivity index is 1.46. The summed E-state index contributed by atoms with van der Waals surface area (Å²) >= 11 is 0. The minimum absolute atomic E-state index is 0.0285. The maximum atomic E-state index is 12.6. The van der Waals surface area contributed by atoms with Gasteiger partial charge in [-0.3, -0.25) is 4.90 Å². The fourth-order valence-electron chi connectivity index (χ4n) is 4.91. The van der Waals surface area contributed by atoms with Crippen molar-refractivity contribution >= 4 is 11.7 Å². The molecular weight excluding hydrogens is 384 g/mol. The molecule has 1 atom stereocenters. The molecule has 0 aromatic heterocycles. The Kier molecular flexibility index (Phi) is 7.13. The van der Waals surface area contributed by atoms with Crippen LogP contribution in [0.25, 0.3) is 0 Å². The van der Waals surface area contributed by atoms with Crippen LogP contribution in [0.1, 0.15) is 54.8 Å². The molecule has 0 radical (unpaired) electrons. The quantitative estimate of drug-likeness (QED) is 0.724. The third-order valence-corrected chi connectivity index (χ3v) is 6.79. The molecule has 2 amide bonds. The standard InChI is InChI=1S/C26H36N4O/c1-29(2)24-14-12-21(13-15-24)25(18-27-26(31)28-23-10-4-3-5-11-23)30-17-16-20-8-6-7-9-22(20)19-30/h6-9,12-15,23,25H,3-5,10-11,16-19H2,1-2H3,(H2,27,28,31). The van der Waals surface area contributed by atoms with Gasteiger partial charge in [-0.25, -0.2) is 4.79 Å². The molecule has 0 spiro atoms. The zero-order valence-electron chi connectivity index (χ0n) is 18.9. The van der Waals surface area contributed by atoms with Crippen LogP contribution in [0, 0.1) is 0 Å². The van der Waals surface area contributed by atoms with E-state index in [9.17, 15) is 4.79 Å². The van der Waals surface area contributed by atoms with Gasteiger partial charge in [0.25, 0.3) is 0 Å². The van der Waals surface area contributed by atoms with Crippen molar-refractivity contribution in [2.45, 2.75) is 57.2 Å². The highest BCUT2D eigenvalue weighted by Gasteiger charge is 2.26. The molecule has 2 aromatic rings. The van der Waals surface area contributed by atoms with Gasteiger partial charge in [0, 0.05) is 45.5 Å². The second-order valence-corrected chi connectivity index (χ2v) is 9.18. The van der Waals surface area contributed by atoms with Gasteiger partial charge in [0.15, 0.2) is 0 Å². The number of rotatable bonds is 6. The Labute approximate surface area is 186 Å². The van der Waals surface area contributed by atoms with Gasteiger partial charge in [-0.2, -0.15) is 0 Å². The summed E-state index contributed by atoms with van der Waals surface area (Å²) in [6.45, 7) is 2.53. The Morgan fingerprint density at radius 2 is 1.74 bits per heavy atom. The monoisotopic (exact) mass is 420 g/mol. The minimum Gasteiger partial charge on any atom is -0.378 e. The highest BCUT2D eigenvalue weighted by Crippen LogP contribution is 2.29. The molecule has 31 heavy (non-hydrogen) atoms. The number of carbonyl (C=O) groups is 1. The van der Waals surface area contributed by atoms with E-state index in [1.54, 1.807) is 0 Å². The number of amides is 2. The van der Waals surface area contributed by atoms with Crippen molar-refractivity contribution in [3.63, 3.8) is 0 Å². The average molecular weight is 421 g/mol. The van der Waals surface area contributed by atoms with Gasteiger partial charge in [0.2, 0.25) is 0 Å². The predicted octanol–water partition coefficient (Wildman–Crippen LogP) is 4.48. The van der Waals surface area contributed by atoms with Crippen molar-refractivity contribution in [2.75, 3.05) is 32.1 Å². The second-order valence-electron chi connectivity index (χ2n) is 9.18. The van der Waals surface area contributed by atoms with Crippen molar-refractivity contribution in [3.8, 4) is 0 Å². The van der Waals surface area contributed by atoms with E-state index in [4.69, 9.17) is 0 Å². The van der Waals surface area contributed by atoms with Crippen molar-refractivity contribution in [1.29, 1.82) is 0 Å². The first-order chi connectivity index (χ1) is 15.1. The highest BCUT2D eigenvalue weighted by molar-refractivity contribution is 5.74. The summed E-state index contributed by atoms with van der Waals surface area (Å²) in [4.78, 5) is 17.2. The van der Waals surface area contributed by atoms with Crippen LogP contribution in [0.2, 0.25) is 0 Å². The van der Waals surface area contributed by atoms with Crippen LogP contribution in [0.3, 0.4) is 0 Å². The summed E-state index contributed by atoms with van der Waals surface area (Å²) in [7, 11) is 4.12. The van der Waals surface area contributed by atoms with Crippen LogP contribution in [0.15, 0.2) is 48.5 Å². The lowest BCUT2D eigenvalue weighted by molar-refractivity contribution is 0.173. The largest absolute Gasteiger partial charge is 0.378 e. The molecule has 1 fully saturated rings. The number of nitrogens with zero attached hydrogens (tertiary/aromatic N) is 2. The number of fused-ring (bicyclic) bond motifs is 1. The molecule has 2 aromatic carbocycles. The van der Waals surface area contributed by atoms with Crippen molar-refractivity contribution in [1.82, 2.24) is 15.5 Å². The smallest absolute Gasteiger partial charge is 0.315 e. The van der Waals surface area contributed by atoms with Gasteiger partial charge in [-0.15, -0.1) is 0 Å². The fraction of sp³-hybridized carbons (Fsp3) is 0.500. The topological polar surface area (TPSA) is 47.6 Å². The maximum Gasteiger partial charge on any atom is 0.315 e. The molecule has 5 nitrogen and oxygen atoms in total. The average Bonchev–Trinajstić information content (AvgIpc) is 2.80. The molecule has 0 saturated heterocycles. The molecular formula is C26H36N4O. The lowest BCUT2D eigenvalue weighted by Crippen LogP contribution is -2.46. The van der Waals surface area contributed by atoms with Crippen molar-refractivity contribution < 1.29 is 4.79 Å². The van der Waals surface area contributed by atoms with Gasteiger partial charge >= 0.3 is 6.03 Å². The van der Waals surface area contributed by atoms with E-state index in [1.165, 1.54) is 41.6 Å². The van der Waals surface area contributed by atoms with Gasteiger partial charge in [0.1, 0.15) is 0 Å². The molecule has 1 aliphatic carbocycles. The van der Waals surface area contributed by atoms with E-state index in [2.05, 4.69) is 83.1 Å². The van der Waals surface area contributed by atoms with Crippen LogP contribution in [0.4, 0.5) is 10.5 Å². The second kappa shape index (κ2) is 10.2. The summed E-state index contributed by atoms with van der Waals surface area (Å²) in [5.41, 5.74) is 5.29. The van der Waals surface area contributed by atoms with E-state index in [1.807, 2.05) is 0 Å². The lowest BCUT2D eigenvalue weighted by atomic mass is 9.95. The summed E-state index contributed by atoms with van der Waals surface area (Å²) in [5, 5.41) is 6.38. The third-order valence-electron chi connectivity index (χ3n) is 6.79. The first kappa shape index (κ1) is 21.7. The molecule has 4 rings (SSSR count). The summed E-state index contributed by atoms with van der Waals surface area (Å²) in [6.07, 6.45) is 6.99. The van der Waals surface area contributed by atoms with Crippen molar-refractivity contribution in [3.05, 3.63) is 65.2 Å².